The van der Waals surface area contributed by atoms with E-state index in [1.165, 1.54) is 0 Å². The van der Waals surface area contributed by atoms with Crippen LogP contribution in [0.3, 0.4) is 0 Å². The number of aromatic amines is 1. The lowest BCUT2D eigenvalue weighted by molar-refractivity contribution is -0.136. The van der Waals surface area contributed by atoms with Gasteiger partial charge in [-0.25, -0.2) is 14.6 Å². The van der Waals surface area contributed by atoms with Crippen molar-refractivity contribution in [3.63, 3.8) is 0 Å². The minimum atomic E-state index is -1.02. The molecule has 9 rings (SSSR count). The third-order valence-corrected chi connectivity index (χ3v) is 12.4. The van der Waals surface area contributed by atoms with Gasteiger partial charge < -0.3 is 44.4 Å². The number of hydrogen-bond acceptors (Lipinski definition) is 16. The monoisotopic (exact) mass is 945 g/mol. The number of aryl methyl sites for hydroxylation is 3. The minimum Gasteiger partial charge on any atom is -0.496 e. The van der Waals surface area contributed by atoms with Gasteiger partial charge in [0.1, 0.15) is 34.8 Å². The van der Waals surface area contributed by atoms with Crippen LogP contribution in [0, 0.1) is 13.8 Å². The molecule has 1 saturated heterocycles. The number of imide groups is 2. The topological polar surface area (TPSA) is 259 Å². The molecular formula is C48H55N11O10. The van der Waals surface area contributed by atoms with Crippen LogP contribution in [0.2, 0.25) is 0 Å². The van der Waals surface area contributed by atoms with Gasteiger partial charge in [-0.15, -0.1) is 0 Å². The van der Waals surface area contributed by atoms with E-state index in [-0.39, 0.29) is 29.8 Å². The lowest BCUT2D eigenvalue weighted by atomic mass is 10.0. The number of hydrogen-bond donors (Lipinski definition) is 5. The third-order valence-electron chi connectivity index (χ3n) is 12.4. The highest BCUT2D eigenvalue weighted by atomic mass is 16.5. The number of benzene rings is 2. The van der Waals surface area contributed by atoms with E-state index in [1.807, 2.05) is 37.6 Å². The predicted octanol–water partition coefficient (Wildman–Crippen LogP) is 5.30. The molecule has 0 bridgehead atoms. The summed E-state index contributed by atoms with van der Waals surface area (Å²) in [6.45, 7) is 9.59. The molecule has 2 aliphatic heterocycles. The molecule has 6 heterocycles. The van der Waals surface area contributed by atoms with Crippen molar-refractivity contribution < 1.29 is 47.4 Å². The van der Waals surface area contributed by atoms with E-state index in [0.29, 0.717) is 112 Å². The van der Waals surface area contributed by atoms with E-state index in [2.05, 4.69) is 37.5 Å². The first-order valence-electron chi connectivity index (χ1n) is 23.3. The Labute approximate surface area is 396 Å². The predicted molar refractivity (Wildman–Crippen MR) is 252 cm³/mol. The minimum absolute atomic E-state index is 0.000810. The average molecular weight is 946 g/mol. The first kappa shape index (κ1) is 46.9. The lowest BCUT2D eigenvalue weighted by Crippen LogP contribution is -2.54. The van der Waals surface area contributed by atoms with Crippen LogP contribution in [0.15, 0.2) is 40.9 Å². The lowest BCUT2D eigenvalue weighted by Gasteiger charge is -2.27. The zero-order chi connectivity index (χ0) is 48.2. The summed E-state index contributed by atoms with van der Waals surface area (Å²) in [6, 6.07) is 9.90. The maximum Gasteiger partial charge on any atom is 0.289 e. The Kier molecular flexibility index (Phi) is 14.0. The second-order valence-corrected chi connectivity index (χ2v) is 17.1. The second-order valence-electron chi connectivity index (χ2n) is 17.1. The smallest absolute Gasteiger partial charge is 0.289 e. The van der Waals surface area contributed by atoms with Crippen molar-refractivity contribution in [3.8, 4) is 16.9 Å². The molecule has 2 aromatic carbocycles. The van der Waals surface area contributed by atoms with Gasteiger partial charge in [0.2, 0.25) is 17.6 Å². The summed E-state index contributed by atoms with van der Waals surface area (Å²) in [5.74, 6) is 0.374. The fourth-order valence-corrected chi connectivity index (χ4v) is 8.78. The molecule has 1 saturated carbocycles. The van der Waals surface area contributed by atoms with Crippen LogP contribution < -0.4 is 26.0 Å². The number of piperidine rings is 1. The molecule has 0 spiro atoms. The number of ether oxygens (including phenoxy) is 4. The van der Waals surface area contributed by atoms with E-state index < -0.39 is 35.6 Å². The first-order chi connectivity index (χ1) is 33.5. The molecule has 69 heavy (non-hydrogen) atoms. The molecule has 6 aromatic rings. The van der Waals surface area contributed by atoms with Crippen molar-refractivity contribution in [2.45, 2.75) is 77.8 Å². The Balaban J connectivity index is 0.715. The fourth-order valence-electron chi connectivity index (χ4n) is 8.78. The molecule has 4 aromatic heterocycles. The van der Waals surface area contributed by atoms with Gasteiger partial charge in [-0.2, -0.15) is 5.10 Å². The largest absolute Gasteiger partial charge is 0.496 e. The third kappa shape index (κ3) is 9.88. The molecule has 0 radical (unpaired) electrons. The zero-order valence-electron chi connectivity index (χ0n) is 39.0. The molecule has 3 aliphatic rings. The number of amides is 5. The summed E-state index contributed by atoms with van der Waals surface area (Å²) in [5, 5.41) is 22.3. The van der Waals surface area contributed by atoms with Crippen molar-refractivity contribution >= 4 is 68.8 Å². The number of H-pyrrole nitrogens is 1. The van der Waals surface area contributed by atoms with Crippen LogP contribution >= 0.6 is 0 Å². The van der Waals surface area contributed by atoms with E-state index in [0.717, 1.165) is 57.0 Å². The highest BCUT2D eigenvalue weighted by Crippen LogP contribution is 2.43. The van der Waals surface area contributed by atoms with Gasteiger partial charge in [-0.3, -0.25) is 34.2 Å². The molecule has 21 nitrogen and oxygen atoms in total. The molecule has 5 amide bonds. The van der Waals surface area contributed by atoms with E-state index >= 15 is 0 Å². The summed E-state index contributed by atoms with van der Waals surface area (Å²) >= 11 is 0. The standard InChI is InChI=1S/C48H55N11O10/c1-5-58-37(25-33(56-58)28-11-12-28)52-43-41-30-24-36(65-4)31(39-26(2)57-69-27(39)3)23-34(30)51-42(41)54-44(55-43)46(62)50-16-8-18-67-20-22-68-21-19-66-17-7-15-49-32-10-6-9-29-40(32)48(64)59(47(29)63)35-13-14-38(60)53-45(35)61/h6,9-10,23-25,28,35,49H,5,7-8,11-22H2,1-4H3,(H,50,62)(H,53,60,61)(H2,51,52,54,55). The number of anilines is 3. The second kappa shape index (κ2) is 20.6. The molecule has 1 unspecified atom stereocenters. The summed E-state index contributed by atoms with van der Waals surface area (Å²) in [6.07, 6.45) is 3.57. The summed E-state index contributed by atoms with van der Waals surface area (Å²) < 4.78 is 30.3. The van der Waals surface area contributed by atoms with Crippen LogP contribution in [0.4, 0.5) is 17.3 Å². The number of nitrogens with one attached hydrogen (secondary N) is 5. The highest BCUT2D eigenvalue weighted by molar-refractivity contribution is 6.25. The quantitative estimate of drug-likeness (QED) is 0.0403. The molecule has 1 atom stereocenters. The van der Waals surface area contributed by atoms with Gasteiger partial charge >= 0.3 is 0 Å². The number of carbonyl (C=O) groups is 5. The Hall–Kier alpha value is -7.23. The van der Waals surface area contributed by atoms with Gasteiger partial charge in [-0.1, -0.05) is 11.2 Å². The van der Waals surface area contributed by atoms with E-state index in [1.54, 1.807) is 25.3 Å². The summed E-state index contributed by atoms with van der Waals surface area (Å²) in [5.41, 5.74) is 5.62. The maximum absolute atomic E-state index is 13.6. The summed E-state index contributed by atoms with van der Waals surface area (Å²) in [4.78, 5) is 77.8. The Morgan fingerprint density at radius 3 is 2.33 bits per heavy atom. The van der Waals surface area contributed by atoms with Crippen LogP contribution in [-0.2, 0) is 30.3 Å². The molecule has 362 valence electrons. The zero-order valence-corrected chi connectivity index (χ0v) is 39.0. The molecule has 1 aliphatic carbocycles. The first-order valence-corrected chi connectivity index (χ1v) is 23.3. The van der Waals surface area contributed by atoms with Gasteiger partial charge in [0, 0.05) is 73.4 Å². The van der Waals surface area contributed by atoms with Crippen molar-refractivity contribution in [1.29, 1.82) is 0 Å². The van der Waals surface area contributed by atoms with E-state index in [9.17, 15) is 24.0 Å². The van der Waals surface area contributed by atoms with Crippen molar-refractivity contribution in [2.75, 3.05) is 70.5 Å². The average Bonchev–Trinajstić information content (AvgIpc) is 3.78. The number of rotatable bonds is 23. The number of nitrogens with zero attached hydrogens (tertiary/aromatic N) is 6. The number of fused-ring (bicyclic) bond motifs is 4. The van der Waals surface area contributed by atoms with Crippen LogP contribution in [0.25, 0.3) is 33.1 Å². The molecule has 5 N–H and O–H groups in total. The normalized spacial score (nSPS) is 15.9. The molecule has 2 fully saturated rings. The van der Waals surface area contributed by atoms with Gasteiger partial charge in [0.25, 0.3) is 17.7 Å². The Morgan fingerprint density at radius 2 is 1.64 bits per heavy atom. The van der Waals surface area contributed by atoms with Gasteiger partial charge in [-0.05, 0) is 77.1 Å². The molecule has 21 heteroatoms. The van der Waals surface area contributed by atoms with Crippen LogP contribution in [0.5, 0.6) is 5.75 Å². The summed E-state index contributed by atoms with van der Waals surface area (Å²) in [7, 11) is 1.62. The Morgan fingerprint density at radius 1 is 0.884 bits per heavy atom. The van der Waals surface area contributed by atoms with E-state index in [4.69, 9.17) is 38.5 Å². The molecular weight excluding hydrogens is 891 g/mol. The Bertz CT molecular complexity index is 2920. The maximum atomic E-state index is 13.6. The van der Waals surface area contributed by atoms with Crippen molar-refractivity contribution in [1.82, 2.24) is 45.4 Å². The van der Waals surface area contributed by atoms with Crippen molar-refractivity contribution in [2.24, 2.45) is 0 Å². The van der Waals surface area contributed by atoms with Crippen LogP contribution in [0.1, 0.15) is 99.8 Å². The van der Waals surface area contributed by atoms with Crippen molar-refractivity contribution in [3.05, 3.63) is 70.5 Å². The number of aromatic nitrogens is 6. The highest BCUT2D eigenvalue weighted by Gasteiger charge is 2.45. The fraction of sp³-hybridized carbons (Fsp3) is 0.438. The number of carbonyl (C=O) groups excluding carboxylic acids is 5. The van der Waals surface area contributed by atoms with Gasteiger partial charge in [0.15, 0.2) is 0 Å². The van der Waals surface area contributed by atoms with Crippen LogP contribution in [-0.4, -0.2) is 130 Å². The van der Waals surface area contributed by atoms with Gasteiger partial charge in [0.05, 0.1) is 67.0 Å². The number of methoxy groups -OCH3 is 1. The SMILES string of the molecule is CCn1nc(C2CC2)cc1Nc1nc(C(=O)NCCCOCCOCCOCCCNc2cccc3c2C(=O)N(C2CCC(=O)NC2=O)C3=O)nc2[nH]c3cc(-c4c(C)noc4C)c(OC)cc3c12.